The van der Waals surface area contributed by atoms with Gasteiger partial charge in [-0.2, -0.15) is 0 Å². The fraction of sp³-hybridized carbons (Fsp3) is 0.321. The van der Waals surface area contributed by atoms with E-state index in [1.807, 2.05) is 38.1 Å². The van der Waals surface area contributed by atoms with E-state index in [0.717, 1.165) is 66.7 Å². The molecule has 1 aliphatic heterocycles. The first-order valence-electron chi connectivity index (χ1n) is 12.4. The van der Waals surface area contributed by atoms with E-state index in [4.69, 9.17) is 27.9 Å². The van der Waals surface area contributed by atoms with Gasteiger partial charge in [0.15, 0.2) is 0 Å². The Morgan fingerprint density at radius 1 is 0.947 bits per heavy atom. The summed E-state index contributed by atoms with van der Waals surface area (Å²) in [6.07, 6.45) is 0.933. The van der Waals surface area contributed by atoms with Crippen LogP contribution in [0.2, 0.25) is 10.0 Å². The van der Waals surface area contributed by atoms with E-state index in [-0.39, 0.29) is 15.5 Å². The Balaban J connectivity index is 1.22. The predicted molar refractivity (Wildman–Crippen MR) is 152 cm³/mol. The Bertz CT molecular complexity index is 1370. The first kappa shape index (κ1) is 28.2. The number of anilines is 1. The number of nitrogens with zero attached hydrogens (tertiary/aromatic N) is 2. The summed E-state index contributed by atoms with van der Waals surface area (Å²) in [4.78, 5) is 17.2. The summed E-state index contributed by atoms with van der Waals surface area (Å²) in [7, 11) is -4.01. The minimum absolute atomic E-state index is 0.0606. The van der Waals surface area contributed by atoms with Gasteiger partial charge in [0.25, 0.3) is 15.9 Å². The van der Waals surface area contributed by atoms with E-state index >= 15 is 0 Å². The summed E-state index contributed by atoms with van der Waals surface area (Å²) in [6, 6.07) is 16.7. The van der Waals surface area contributed by atoms with E-state index in [1.54, 1.807) is 18.2 Å². The van der Waals surface area contributed by atoms with Crippen LogP contribution in [0.4, 0.5) is 5.69 Å². The minimum atomic E-state index is -4.01. The molecular weight excluding hydrogens is 545 g/mol. The monoisotopic (exact) mass is 575 g/mol. The fourth-order valence-corrected chi connectivity index (χ4v) is 5.78. The molecule has 4 rings (SSSR count). The highest BCUT2D eigenvalue weighted by atomic mass is 35.5. The molecule has 1 amide bonds. The van der Waals surface area contributed by atoms with Crippen molar-refractivity contribution in [3.8, 4) is 5.75 Å². The van der Waals surface area contributed by atoms with E-state index in [1.165, 1.54) is 18.2 Å². The Kier molecular flexibility index (Phi) is 9.20. The van der Waals surface area contributed by atoms with E-state index in [0.29, 0.717) is 6.61 Å². The molecule has 1 aliphatic rings. The molecule has 38 heavy (non-hydrogen) atoms. The van der Waals surface area contributed by atoms with Crippen LogP contribution in [0.15, 0.2) is 65.6 Å². The number of carbonyl (C=O) groups excluding carboxylic acids is 1. The first-order chi connectivity index (χ1) is 18.1. The third-order valence-electron chi connectivity index (χ3n) is 6.50. The van der Waals surface area contributed by atoms with Gasteiger partial charge in [-0.05, 0) is 86.0 Å². The number of hydrogen-bond donors (Lipinski definition) is 1. The van der Waals surface area contributed by atoms with Crippen LogP contribution in [0.1, 0.15) is 27.9 Å². The fourth-order valence-electron chi connectivity index (χ4n) is 4.40. The molecule has 3 aromatic rings. The summed E-state index contributed by atoms with van der Waals surface area (Å²) < 4.78 is 33.0. The number of sulfonamides is 1. The second-order valence-electron chi connectivity index (χ2n) is 9.34. The summed E-state index contributed by atoms with van der Waals surface area (Å²) in [5, 5.41) is 1.07. The van der Waals surface area contributed by atoms with Crippen molar-refractivity contribution >= 4 is 44.8 Å². The molecule has 1 saturated heterocycles. The normalized spacial score (nSPS) is 14.4. The maximum absolute atomic E-state index is 12.6. The zero-order valence-electron chi connectivity index (χ0n) is 21.4. The van der Waals surface area contributed by atoms with Gasteiger partial charge in [0.2, 0.25) is 0 Å². The van der Waals surface area contributed by atoms with Gasteiger partial charge >= 0.3 is 0 Å². The van der Waals surface area contributed by atoms with E-state index < -0.39 is 15.9 Å². The van der Waals surface area contributed by atoms with Gasteiger partial charge in [-0.15, -0.1) is 0 Å². The maximum atomic E-state index is 12.6. The Morgan fingerprint density at radius 3 is 2.24 bits per heavy atom. The van der Waals surface area contributed by atoms with Crippen molar-refractivity contribution in [1.82, 2.24) is 9.62 Å². The van der Waals surface area contributed by atoms with Crippen molar-refractivity contribution < 1.29 is 17.9 Å². The van der Waals surface area contributed by atoms with Crippen LogP contribution in [-0.4, -0.2) is 58.6 Å². The van der Waals surface area contributed by atoms with Crippen LogP contribution in [-0.2, 0) is 10.0 Å². The van der Waals surface area contributed by atoms with Crippen LogP contribution < -0.4 is 14.4 Å². The molecule has 0 unspecified atom stereocenters. The maximum Gasteiger partial charge on any atom is 0.264 e. The van der Waals surface area contributed by atoms with Crippen LogP contribution in [0.3, 0.4) is 0 Å². The molecule has 7 nitrogen and oxygen atoms in total. The van der Waals surface area contributed by atoms with Gasteiger partial charge in [-0.25, -0.2) is 13.1 Å². The predicted octanol–water partition coefficient (Wildman–Crippen LogP) is 5.32. The topological polar surface area (TPSA) is 79.0 Å². The molecule has 3 aromatic carbocycles. The molecule has 1 N–H and O–H groups in total. The highest BCUT2D eigenvalue weighted by Gasteiger charge is 2.20. The average molecular weight is 577 g/mol. The number of benzene rings is 3. The molecule has 0 aromatic heterocycles. The molecule has 0 aliphatic carbocycles. The molecule has 0 bridgehead atoms. The summed E-state index contributed by atoms with van der Waals surface area (Å²) in [6.45, 7) is 9.17. The van der Waals surface area contributed by atoms with Crippen molar-refractivity contribution in [3.63, 3.8) is 0 Å². The van der Waals surface area contributed by atoms with Crippen LogP contribution >= 0.6 is 23.2 Å². The van der Waals surface area contributed by atoms with Crippen LogP contribution in [0, 0.1) is 13.8 Å². The SMILES string of the molecule is Cc1cc(OCCCN2CCN(c3ccc(C(=O)NS(=O)(=O)c4cccc(Cl)c4)cc3)CC2)cc(C)c1Cl. The lowest BCUT2D eigenvalue weighted by atomic mass is 10.1. The molecule has 0 saturated carbocycles. The van der Waals surface area contributed by atoms with E-state index in [9.17, 15) is 13.2 Å². The summed E-state index contributed by atoms with van der Waals surface area (Å²) in [5.74, 6) is 0.167. The third-order valence-corrected chi connectivity index (χ3v) is 8.66. The molecule has 1 heterocycles. The Labute approximate surface area is 234 Å². The van der Waals surface area contributed by atoms with Crippen LogP contribution in [0.25, 0.3) is 0 Å². The molecule has 1 fully saturated rings. The smallest absolute Gasteiger partial charge is 0.264 e. The van der Waals surface area contributed by atoms with Gasteiger partial charge < -0.3 is 9.64 Å². The van der Waals surface area contributed by atoms with Gasteiger partial charge in [0.1, 0.15) is 5.75 Å². The molecular formula is C28H31Cl2N3O4S. The lowest BCUT2D eigenvalue weighted by Gasteiger charge is -2.36. The van der Waals surface area contributed by atoms with Crippen molar-refractivity contribution in [2.45, 2.75) is 25.2 Å². The standard InChI is InChI=1S/C28H31Cl2N3O4S/c1-20-17-25(18-21(2)27(20)30)37-16-4-11-32-12-14-33(15-13-32)24-9-7-22(8-10-24)28(34)31-38(35,36)26-6-3-5-23(29)19-26/h3,5-10,17-19H,4,11-16H2,1-2H3,(H,31,34). The molecule has 0 atom stereocenters. The Morgan fingerprint density at radius 2 is 1.61 bits per heavy atom. The number of hydrogen-bond acceptors (Lipinski definition) is 6. The third kappa shape index (κ3) is 7.20. The quantitative estimate of drug-likeness (QED) is 0.348. The van der Waals surface area contributed by atoms with Crippen molar-refractivity contribution in [2.75, 3.05) is 44.2 Å². The minimum Gasteiger partial charge on any atom is -0.494 e. The average Bonchev–Trinajstić information content (AvgIpc) is 2.90. The van der Waals surface area contributed by atoms with Gasteiger partial charge in [-0.1, -0.05) is 29.3 Å². The zero-order chi connectivity index (χ0) is 27.3. The number of piperazine rings is 1. The number of carbonyl (C=O) groups is 1. The second-order valence-corrected chi connectivity index (χ2v) is 11.8. The molecule has 0 spiro atoms. The molecule has 202 valence electrons. The molecule has 0 radical (unpaired) electrons. The number of rotatable bonds is 9. The lowest BCUT2D eigenvalue weighted by Crippen LogP contribution is -2.46. The van der Waals surface area contributed by atoms with Crippen molar-refractivity contribution in [1.29, 1.82) is 0 Å². The lowest BCUT2D eigenvalue weighted by molar-refractivity contribution is 0.0981. The largest absolute Gasteiger partial charge is 0.494 e. The molecule has 10 heteroatoms. The van der Waals surface area contributed by atoms with Crippen molar-refractivity contribution in [2.24, 2.45) is 0 Å². The number of ether oxygens (including phenoxy) is 1. The summed E-state index contributed by atoms with van der Waals surface area (Å²) >= 11 is 12.1. The highest BCUT2D eigenvalue weighted by molar-refractivity contribution is 7.90. The van der Waals surface area contributed by atoms with Gasteiger partial charge in [0, 0.05) is 54.0 Å². The number of halogens is 2. The van der Waals surface area contributed by atoms with E-state index in [2.05, 4.69) is 14.5 Å². The van der Waals surface area contributed by atoms with Crippen LogP contribution in [0.5, 0.6) is 5.75 Å². The van der Waals surface area contributed by atoms with Crippen molar-refractivity contribution in [3.05, 3.63) is 87.4 Å². The van der Waals surface area contributed by atoms with Gasteiger partial charge in [-0.3, -0.25) is 9.69 Å². The highest BCUT2D eigenvalue weighted by Crippen LogP contribution is 2.26. The Hall–Kier alpha value is -2.78. The number of amides is 1. The van der Waals surface area contributed by atoms with Gasteiger partial charge in [0.05, 0.1) is 11.5 Å². The second kappa shape index (κ2) is 12.4. The number of aryl methyl sites for hydroxylation is 2. The summed E-state index contributed by atoms with van der Waals surface area (Å²) in [5.41, 5.74) is 3.31. The first-order valence-corrected chi connectivity index (χ1v) is 14.7. The zero-order valence-corrected chi connectivity index (χ0v) is 23.7. The number of nitrogens with one attached hydrogen (secondary N) is 1.